The topological polar surface area (TPSA) is 94.5 Å². The van der Waals surface area contributed by atoms with Crippen molar-refractivity contribution in [3.8, 4) is 17.5 Å². The van der Waals surface area contributed by atoms with E-state index in [4.69, 9.17) is 5.26 Å². The van der Waals surface area contributed by atoms with Crippen LogP contribution in [0.5, 0.6) is 0 Å². The van der Waals surface area contributed by atoms with Crippen LogP contribution < -0.4 is 5.32 Å². The van der Waals surface area contributed by atoms with Crippen LogP contribution in [0.1, 0.15) is 0 Å². The molecule has 0 atom stereocenters. The van der Waals surface area contributed by atoms with E-state index in [9.17, 15) is 4.79 Å². The largest absolute Gasteiger partial charge is 0.342 e. The summed E-state index contributed by atoms with van der Waals surface area (Å²) in [5.41, 5.74) is 0.941. The van der Waals surface area contributed by atoms with Gasteiger partial charge >= 0.3 is 0 Å². The van der Waals surface area contributed by atoms with Crippen molar-refractivity contribution >= 4 is 17.7 Å². The monoisotopic (exact) mass is 273 g/mol. The molecule has 2 rings (SSSR count). The van der Waals surface area contributed by atoms with E-state index >= 15 is 0 Å². The number of aromatic amines is 1. The first kappa shape index (κ1) is 13.1. The summed E-state index contributed by atoms with van der Waals surface area (Å²) in [6.45, 7) is 0.0165. The summed E-state index contributed by atoms with van der Waals surface area (Å²) in [6.07, 6.45) is 0. The molecule has 19 heavy (non-hydrogen) atoms. The Kier molecular flexibility index (Phi) is 4.53. The summed E-state index contributed by atoms with van der Waals surface area (Å²) in [5, 5.41) is 18.1. The molecule has 96 valence electrons. The lowest BCUT2D eigenvalue weighted by molar-refractivity contribution is -0.118. The van der Waals surface area contributed by atoms with Gasteiger partial charge in [0.15, 0.2) is 5.82 Å². The van der Waals surface area contributed by atoms with E-state index in [-0.39, 0.29) is 18.2 Å². The quantitative estimate of drug-likeness (QED) is 0.630. The zero-order valence-electron chi connectivity index (χ0n) is 9.96. The molecule has 0 unspecified atom stereocenters. The van der Waals surface area contributed by atoms with Crippen molar-refractivity contribution in [3.63, 3.8) is 0 Å². The predicted molar refractivity (Wildman–Crippen MR) is 71.2 cm³/mol. The van der Waals surface area contributed by atoms with Gasteiger partial charge in [-0.2, -0.15) is 5.26 Å². The summed E-state index contributed by atoms with van der Waals surface area (Å²) >= 11 is 1.22. The Bertz CT molecular complexity index is 590. The third-order valence-electron chi connectivity index (χ3n) is 2.21. The van der Waals surface area contributed by atoms with Crippen LogP contribution in [0.4, 0.5) is 0 Å². The summed E-state index contributed by atoms with van der Waals surface area (Å²) in [4.78, 5) is 15.6. The number of aromatic nitrogens is 3. The average Bonchev–Trinajstić information content (AvgIpc) is 2.93. The van der Waals surface area contributed by atoms with Crippen LogP contribution in [0.3, 0.4) is 0 Å². The molecular weight excluding hydrogens is 262 g/mol. The third-order valence-corrected chi connectivity index (χ3v) is 3.06. The molecule has 2 N–H and O–H groups in total. The van der Waals surface area contributed by atoms with Gasteiger partial charge in [-0.15, -0.1) is 5.10 Å². The van der Waals surface area contributed by atoms with E-state index in [0.29, 0.717) is 11.0 Å². The van der Waals surface area contributed by atoms with Crippen molar-refractivity contribution in [1.29, 1.82) is 5.26 Å². The Morgan fingerprint density at radius 2 is 2.21 bits per heavy atom. The number of carbonyl (C=O) groups excluding carboxylic acids is 1. The lowest BCUT2D eigenvalue weighted by atomic mass is 10.2. The predicted octanol–water partition coefficient (Wildman–Crippen LogP) is 1.20. The molecule has 2 aromatic rings. The molecule has 1 heterocycles. The van der Waals surface area contributed by atoms with Crippen LogP contribution in [0.15, 0.2) is 35.5 Å². The first-order chi connectivity index (χ1) is 9.29. The molecule has 0 fully saturated rings. The molecule has 0 bridgehead atoms. The van der Waals surface area contributed by atoms with Crippen molar-refractivity contribution < 1.29 is 4.79 Å². The van der Waals surface area contributed by atoms with E-state index in [1.54, 1.807) is 0 Å². The van der Waals surface area contributed by atoms with Gasteiger partial charge in [-0.25, -0.2) is 4.98 Å². The zero-order chi connectivity index (χ0) is 13.5. The highest BCUT2D eigenvalue weighted by Crippen LogP contribution is 2.18. The van der Waals surface area contributed by atoms with Crippen LogP contribution >= 0.6 is 11.8 Å². The molecule has 7 heteroatoms. The van der Waals surface area contributed by atoms with Crippen molar-refractivity contribution in [2.24, 2.45) is 0 Å². The Morgan fingerprint density at radius 1 is 1.42 bits per heavy atom. The fourth-order valence-electron chi connectivity index (χ4n) is 1.36. The maximum atomic E-state index is 11.3. The number of hydrogen-bond donors (Lipinski definition) is 2. The molecular formula is C12H11N5OS. The Hall–Kier alpha value is -2.33. The standard InChI is InChI=1S/C12H11N5OS/c13-6-7-14-10(18)8-19-12-15-11(16-17-12)9-4-2-1-3-5-9/h1-5H,7-8H2,(H,14,18)(H,15,16,17). The Balaban J connectivity index is 1.92. The molecule has 0 aliphatic rings. The van der Waals surface area contributed by atoms with Crippen molar-refractivity contribution in [2.45, 2.75) is 5.16 Å². The summed E-state index contributed by atoms with van der Waals surface area (Å²) in [7, 11) is 0. The van der Waals surface area contributed by atoms with E-state index in [0.717, 1.165) is 5.56 Å². The lowest BCUT2D eigenvalue weighted by Gasteiger charge is -1.97. The Morgan fingerprint density at radius 3 is 2.95 bits per heavy atom. The van der Waals surface area contributed by atoms with Gasteiger partial charge in [-0.1, -0.05) is 42.1 Å². The molecule has 1 aromatic heterocycles. The van der Waals surface area contributed by atoms with E-state index in [1.165, 1.54) is 11.8 Å². The lowest BCUT2D eigenvalue weighted by Crippen LogP contribution is -2.25. The number of nitrogens with zero attached hydrogens (tertiary/aromatic N) is 3. The van der Waals surface area contributed by atoms with Gasteiger partial charge in [0.2, 0.25) is 11.1 Å². The molecule has 0 saturated carbocycles. The van der Waals surface area contributed by atoms with Gasteiger partial charge in [0.05, 0.1) is 11.8 Å². The molecule has 1 aromatic carbocycles. The minimum Gasteiger partial charge on any atom is -0.342 e. The van der Waals surface area contributed by atoms with E-state index in [1.807, 2.05) is 36.4 Å². The zero-order valence-corrected chi connectivity index (χ0v) is 10.8. The van der Waals surface area contributed by atoms with Crippen molar-refractivity contribution in [3.05, 3.63) is 30.3 Å². The van der Waals surface area contributed by atoms with Gasteiger partial charge in [0.25, 0.3) is 0 Å². The van der Waals surface area contributed by atoms with Crippen molar-refractivity contribution in [1.82, 2.24) is 20.5 Å². The minimum atomic E-state index is -0.211. The maximum absolute atomic E-state index is 11.3. The Labute approximate surface area is 114 Å². The van der Waals surface area contributed by atoms with E-state index < -0.39 is 0 Å². The molecule has 6 nitrogen and oxygen atoms in total. The maximum Gasteiger partial charge on any atom is 0.231 e. The number of nitrogens with one attached hydrogen (secondary N) is 2. The normalized spacial score (nSPS) is 9.84. The number of rotatable bonds is 5. The number of H-pyrrole nitrogens is 1. The number of hydrogen-bond acceptors (Lipinski definition) is 5. The highest BCUT2D eigenvalue weighted by Gasteiger charge is 2.08. The first-order valence-electron chi connectivity index (χ1n) is 5.54. The number of benzene rings is 1. The van der Waals surface area contributed by atoms with Gasteiger partial charge in [-0.05, 0) is 0 Å². The first-order valence-corrected chi connectivity index (χ1v) is 6.52. The van der Waals surface area contributed by atoms with Crippen molar-refractivity contribution in [2.75, 3.05) is 12.3 Å². The second-order valence-electron chi connectivity index (χ2n) is 3.56. The number of thioether (sulfide) groups is 1. The molecule has 0 radical (unpaired) electrons. The van der Waals surface area contributed by atoms with Gasteiger partial charge in [0, 0.05) is 5.56 Å². The molecule has 0 aliphatic heterocycles. The fraction of sp³-hybridized carbons (Fsp3) is 0.167. The highest BCUT2D eigenvalue weighted by atomic mass is 32.2. The molecule has 0 saturated heterocycles. The van der Waals surface area contributed by atoms with Crippen LogP contribution in [-0.4, -0.2) is 33.4 Å². The summed E-state index contributed by atoms with van der Waals surface area (Å²) in [5.74, 6) is 0.645. The number of carbonyl (C=O) groups is 1. The third kappa shape index (κ3) is 3.82. The van der Waals surface area contributed by atoms with Crippen LogP contribution in [-0.2, 0) is 4.79 Å². The molecule has 0 aliphatic carbocycles. The second kappa shape index (κ2) is 6.56. The molecule has 0 spiro atoms. The van der Waals surface area contributed by atoms with Gasteiger partial charge < -0.3 is 5.32 Å². The summed E-state index contributed by atoms with van der Waals surface area (Å²) < 4.78 is 0. The second-order valence-corrected chi connectivity index (χ2v) is 4.50. The van der Waals surface area contributed by atoms with Gasteiger partial charge in [0.1, 0.15) is 6.54 Å². The number of amides is 1. The van der Waals surface area contributed by atoms with E-state index in [2.05, 4.69) is 20.5 Å². The van der Waals surface area contributed by atoms with Crippen LogP contribution in [0.2, 0.25) is 0 Å². The molecule has 1 amide bonds. The summed E-state index contributed by atoms with van der Waals surface area (Å²) in [6, 6.07) is 11.5. The van der Waals surface area contributed by atoms with Crippen LogP contribution in [0.25, 0.3) is 11.4 Å². The minimum absolute atomic E-state index is 0.0165. The SMILES string of the molecule is N#CCNC(=O)CSc1n[nH]c(-c2ccccc2)n1. The smallest absolute Gasteiger partial charge is 0.231 e. The van der Waals surface area contributed by atoms with Crippen LogP contribution in [0, 0.1) is 11.3 Å². The number of nitriles is 1. The highest BCUT2D eigenvalue weighted by molar-refractivity contribution is 7.99. The average molecular weight is 273 g/mol. The fourth-order valence-corrected chi connectivity index (χ4v) is 1.98. The van der Waals surface area contributed by atoms with Gasteiger partial charge in [-0.3, -0.25) is 9.89 Å².